The maximum absolute atomic E-state index is 13.9. The van der Waals surface area contributed by atoms with Gasteiger partial charge in [0.25, 0.3) is 0 Å². The Labute approximate surface area is 121 Å². The second-order valence-electron chi connectivity index (χ2n) is 5.60. The summed E-state index contributed by atoms with van der Waals surface area (Å²) < 4.78 is 26.8. The molecule has 0 aliphatic heterocycles. The van der Waals surface area contributed by atoms with E-state index < -0.39 is 11.6 Å². The van der Waals surface area contributed by atoms with Gasteiger partial charge in [-0.25, -0.2) is 8.78 Å². The first kappa shape index (κ1) is 17.1. The quantitative estimate of drug-likeness (QED) is 0.793. The molecule has 0 spiro atoms. The molecule has 2 N–H and O–H groups in total. The van der Waals surface area contributed by atoms with Crippen molar-refractivity contribution < 1.29 is 8.78 Å². The van der Waals surface area contributed by atoms with E-state index in [0.29, 0.717) is 18.5 Å². The van der Waals surface area contributed by atoms with Crippen LogP contribution in [0.2, 0.25) is 0 Å². The Morgan fingerprint density at radius 2 is 1.75 bits per heavy atom. The molecule has 1 atom stereocenters. The molecule has 20 heavy (non-hydrogen) atoms. The molecule has 1 unspecified atom stereocenters. The second-order valence-corrected chi connectivity index (χ2v) is 5.60. The molecule has 0 saturated heterocycles. The molecule has 114 valence electrons. The average Bonchev–Trinajstić information content (AvgIpc) is 2.41. The first-order chi connectivity index (χ1) is 9.46. The van der Waals surface area contributed by atoms with E-state index in [-0.39, 0.29) is 5.54 Å². The second kappa shape index (κ2) is 7.70. The molecule has 0 fully saturated rings. The summed E-state index contributed by atoms with van der Waals surface area (Å²) in [5.74, 6) is -1.03. The number of nitrogens with zero attached hydrogens (tertiary/aromatic N) is 1. The van der Waals surface area contributed by atoms with Gasteiger partial charge in [0.05, 0.1) is 0 Å². The van der Waals surface area contributed by atoms with Gasteiger partial charge in [-0.05, 0) is 50.9 Å². The molecule has 0 aliphatic carbocycles. The van der Waals surface area contributed by atoms with Crippen molar-refractivity contribution in [1.82, 2.24) is 4.90 Å². The van der Waals surface area contributed by atoms with Crippen molar-refractivity contribution >= 4 is 0 Å². The van der Waals surface area contributed by atoms with Crippen molar-refractivity contribution in [2.75, 3.05) is 19.6 Å². The average molecular weight is 284 g/mol. The lowest BCUT2D eigenvalue weighted by atomic mass is 9.90. The fourth-order valence-electron chi connectivity index (χ4n) is 2.58. The summed E-state index contributed by atoms with van der Waals surface area (Å²) in [5, 5.41) is 0. The summed E-state index contributed by atoms with van der Waals surface area (Å²) in [4.78, 5) is 2.32. The van der Waals surface area contributed by atoms with Crippen LogP contribution in [0.25, 0.3) is 0 Å². The topological polar surface area (TPSA) is 29.3 Å². The van der Waals surface area contributed by atoms with Crippen LogP contribution < -0.4 is 5.73 Å². The van der Waals surface area contributed by atoms with Crippen LogP contribution in [0.3, 0.4) is 0 Å². The van der Waals surface area contributed by atoms with Gasteiger partial charge in [-0.1, -0.05) is 19.9 Å². The highest BCUT2D eigenvalue weighted by atomic mass is 19.1. The van der Waals surface area contributed by atoms with Gasteiger partial charge in [0.15, 0.2) is 0 Å². The molecular weight excluding hydrogens is 258 g/mol. The van der Waals surface area contributed by atoms with Crippen molar-refractivity contribution in [2.45, 2.75) is 45.6 Å². The van der Waals surface area contributed by atoms with Crippen LogP contribution in [-0.4, -0.2) is 30.1 Å². The fourth-order valence-corrected chi connectivity index (χ4v) is 2.58. The first-order valence-corrected chi connectivity index (χ1v) is 7.36. The van der Waals surface area contributed by atoms with Crippen LogP contribution in [0.5, 0.6) is 0 Å². The van der Waals surface area contributed by atoms with Gasteiger partial charge >= 0.3 is 0 Å². The van der Waals surface area contributed by atoms with E-state index in [1.165, 1.54) is 12.1 Å². The Hall–Kier alpha value is -1.00. The van der Waals surface area contributed by atoms with E-state index in [1.807, 2.05) is 0 Å². The first-order valence-electron chi connectivity index (χ1n) is 7.36. The summed E-state index contributed by atoms with van der Waals surface area (Å²) in [5.41, 5.74) is 6.18. The molecule has 0 bridgehead atoms. The highest BCUT2D eigenvalue weighted by Gasteiger charge is 2.30. The Kier molecular flexibility index (Phi) is 6.56. The van der Waals surface area contributed by atoms with E-state index in [1.54, 1.807) is 0 Å². The lowest BCUT2D eigenvalue weighted by Crippen LogP contribution is -2.53. The van der Waals surface area contributed by atoms with Gasteiger partial charge in [0.2, 0.25) is 0 Å². The normalized spacial score (nSPS) is 14.6. The van der Waals surface area contributed by atoms with Crippen molar-refractivity contribution in [3.05, 3.63) is 35.4 Å². The largest absolute Gasteiger partial charge is 0.329 e. The lowest BCUT2D eigenvalue weighted by molar-refractivity contribution is 0.109. The third kappa shape index (κ3) is 4.25. The number of nitrogens with two attached hydrogens (primary N) is 1. The van der Waals surface area contributed by atoms with Crippen LogP contribution in [0.4, 0.5) is 8.78 Å². The zero-order valence-corrected chi connectivity index (χ0v) is 12.8. The van der Waals surface area contributed by atoms with Gasteiger partial charge in [-0.15, -0.1) is 0 Å². The summed E-state index contributed by atoms with van der Waals surface area (Å²) in [6.45, 7) is 8.62. The van der Waals surface area contributed by atoms with E-state index in [9.17, 15) is 8.78 Å². The van der Waals surface area contributed by atoms with Gasteiger partial charge in [0.1, 0.15) is 11.6 Å². The van der Waals surface area contributed by atoms with E-state index >= 15 is 0 Å². The van der Waals surface area contributed by atoms with E-state index in [2.05, 4.69) is 25.7 Å². The Morgan fingerprint density at radius 3 is 2.20 bits per heavy atom. The number of halogens is 2. The molecular formula is C16H26F2N2. The molecule has 0 aromatic heterocycles. The molecule has 2 nitrogen and oxygen atoms in total. The SMILES string of the molecule is CCCN(CCC)C(C)(CN)Cc1ccc(F)cc1F. The van der Waals surface area contributed by atoms with Crippen LogP contribution >= 0.6 is 0 Å². The van der Waals surface area contributed by atoms with Crippen molar-refractivity contribution in [1.29, 1.82) is 0 Å². The molecule has 0 aliphatic rings. The van der Waals surface area contributed by atoms with Crippen molar-refractivity contribution in [3.63, 3.8) is 0 Å². The van der Waals surface area contributed by atoms with Crippen LogP contribution in [0.15, 0.2) is 18.2 Å². The highest BCUT2D eigenvalue weighted by molar-refractivity contribution is 5.21. The zero-order valence-electron chi connectivity index (χ0n) is 12.8. The summed E-state index contributed by atoms with van der Waals surface area (Å²) >= 11 is 0. The van der Waals surface area contributed by atoms with Crippen molar-refractivity contribution in [3.8, 4) is 0 Å². The molecule has 1 rings (SSSR count). The summed E-state index contributed by atoms with van der Waals surface area (Å²) in [6.07, 6.45) is 2.55. The van der Waals surface area contributed by atoms with Crippen LogP contribution in [0, 0.1) is 11.6 Å². The molecule has 1 aromatic rings. The molecule has 0 radical (unpaired) electrons. The molecule has 0 amide bonds. The Balaban J connectivity index is 2.96. The Bertz CT molecular complexity index is 417. The predicted molar refractivity (Wildman–Crippen MR) is 79.7 cm³/mol. The number of hydrogen-bond acceptors (Lipinski definition) is 2. The maximum Gasteiger partial charge on any atom is 0.129 e. The highest BCUT2D eigenvalue weighted by Crippen LogP contribution is 2.23. The standard InChI is InChI=1S/C16H26F2N2/c1-4-8-20(9-5-2)16(3,12-19)11-13-6-7-14(17)10-15(13)18/h6-7,10H,4-5,8-9,11-12,19H2,1-3H3. The van der Waals surface area contributed by atoms with E-state index in [0.717, 1.165) is 32.0 Å². The van der Waals surface area contributed by atoms with Crippen LogP contribution in [-0.2, 0) is 6.42 Å². The van der Waals surface area contributed by atoms with Crippen molar-refractivity contribution in [2.24, 2.45) is 5.73 Å². The number of hydrogen-bond donors (Lipinski definition) is 1. The zero-order chi connectivity index (χ0) is 15.2. The third-order valence-corrected chi connectivity index (χ3v) is 3.78. The maximum atomic E-state index is 13.9. The minimum atomic E-state index is -0.542. The minimum Gasteiger partial charge on any atom is -0.329 e. The molecule has 1 aromatic carbocycles. The monoisotopic (exact) mass is 284 g/mol. The lowest BCUT2D eigenvalue weighted by Gasteiger charge is -2.41. The number of benzene rings is 1. The summed E-state index contributed by atoms with van der Waals surface area (Å²) in [6, 6.07) is 3.77. The fraction of sp³-hybridized carbons (Fsp3) is 0.625. The minimum absolute atomic E-state index is 0.301. The number of rotatable bonds is 8. The molecule has 4 heteroatoms. The summed E-state index contributed by atoms with van der Waals surface area (Å²) in [7, 11) is 0. The van der Waals surface area contributed by atoms with Gasteiger partial charge in [-0.3, -0.25) is 4.90 Å². The van der Waals surface area contributed by atoms with Gasteiger partial charge in [0, 0.05) is 18.2 Å². The van der Waals surface area contributed by atoms with Gasteiger partial charge < -0.3 is 5.73 Å². The molecule has 0 saturated carbocycles. The smallest absolute Gasteiger partial charge is 0.129 e. The van der Waals surface area contributed by atoms with Gasteiger partial charge in [-0.2, -0.15) is 0 Å². The third-order valence-electron chi connectivity index (χ3n) is 3.78. The predicted octanol–water partition coefficient (Wildman–Crippen LogP) is 3.35. The van der Waals surface area contributed by atoms with E-state index in [4.69, 9.17) is 5.73 Å². The molecule has 0 heterocycles. The Morgan fingerprint density at radius 1 is 1.15 bits per heavy atom. The van der Waals surface area contributed by atoms with Crippen LogP contribution in [0.1, 0.15) is 39.2 Å².